The van der Waals surface area contributed by atoms with E-state index < -0.39 is 0 Å². The zero-order valence-electron chi connectivity index (χ0n) is 9.99. The average Bonchev–Trinajstić information content (AvgIpc) is 3.01. The topological polar surface area (TPSA) is 62.5 Å². The first-order valence-electron chi connectivity index (χ1n) is 5.78. The van der Waals surface area contributed by atoms with Crippen LogP contribution in [-0.4, -0.2) is 34.0 Å². The molecule has 98 valence electrons. The molecule has 0 unspecified atom stereocenters. The third-order valence-electron chi connectivity index (χ3n) is 2.93. The number of pyridine rings is 1. The first-order valence-corrected chi connectivity index (χ1v) is 6.58. The van der Waals surface area contributed by atoms with Gasteiger partial charge in [0.25, 0.3) is 0 Å². The van der Waals surface area contributed by atoms with Crippen LogP contribution < -0.4 is 4.90 Å². The molecule has 1 saturated heterocycles. The number of rotatable bonds is 3. The van der Waals surface area contributed by atoms with Gasteiger partial charge < -0.3 is 9.32 Å². The minimum absolute atomic E-state index is 0.0451. The molecule has 19 heavy (non-hydrogen) atoms. The highest BCUT2D eigenvalue weighted by Gasteiger charge is 2.30. The summed E-state index contributed by atoms with van der Waals surface area (Å²) in [4.78, 5) is 23.6. The van der Waals surface area contributed by atoms with Gasteiger partial charge in [0.2, 0.25) is 0 Å². The molecule has 1 fully saturated rings. The highest BCUT2D eigenvalue weighted by Crippen LogP contribution is 2.23. The van der Waals surface area contributed by atoms with Crippen LogP contribution in [-0.2, 0) is 6.54 Å². The third kappa shape index (κ3) is 2.46. The van der Waals surface area contributed by atoms with Gasteiger partial charge in [0.05, 0.1) is 24.6 Å². The molecular weight excluding hydrogens is 312 g/mol. The van der Waals surface area contributed by atoms with Crippen molar-refractivity contribution in [2.75, 3.05) is 18.0 Å². The number of urea groups is 1. The number of nitrogens with zero attached hydrogens (tertiary/aromatic N) is 4. The number of hydrogen-bond acceptors (Lipinski definition) is 4. The van der Waals surface area contributed by atoms with Gasteiger partial charge in [-0.3, -0.25) is 9.88 Å². The zero-order chi connectivity index (χ0) is 13.2. The van der Waals surface area contributed by atoms with Gasteiger partial charge in [-0.1, -0.05) is 0 Å². The summed E-state index contributed by atoms with van der Waals surface area (Å²) in [6, 6.07) is 1.83. The second-order valence-electron chi connectivity index (χ2n) is 4.18. The Labute approximate surface area is 118 Å². The third-order valence-corrected chi connectivity index (χ3v) is 3.36. The van der Waals surface area contributed by atoms with Crippen molar-refractivity contribution in [1.29, 1.82) is 0 Å². The van der Waals surface area contributed by atoms with E-state index in [4.69, 9.17) is 4.42 Å². The van der Waals surface area contributed by atoms with E-state index in [1.165, 1.54) is 6.39 Å². The van der Waals surface area contributed by atoms with Crippen LogP contribution in [0.4, 0.5) is 10.5 Å². The van der Waals surface area contributed by atoms with Crippen molar-refractivity contribution in [2.24, 2.45) is 0 Å². The van der Waals surface area contributed by atoms with Crippen molar-refractivity contribution < 1.29 is 9.21 Å². The summed E-state index contributed by atoms with van der Waals surface area (Å²) < 4.78 is 6.01. The molecule has 0 spiro atoms. The number of halogens is 1. The van der Waals surface area contributed by atoms with Crippen LogP contribution in [0.2, 0.25) is 0 Å². The van der Waals surface area contributed by atoms with E-state index in [2.05, 4.69) is 25.9 Å². The predicted octanol–water partition coefficient (Wildman–Crippen LogP) is 2.27. The van der Waals surface area contributed by atoms with E-state index >= 15 is 0 Å². The first-order chi connectivity index (χ1) is 9.24. The quantitative estimate of drug-likeness (QED) is 0.869. The fourth-order valence-electron chi connectivity index (χ4n) is 2.03. The number of carbonyl (C=O) groups is 1. The molecule has 0 atom stereocenters. The minimum atomic E-state index is -0.0451. The van der Waals surface area contributed by atoms with E-state index in [9.17, 15) is 4.79 Å². The lowest BCUT2D eigenvalue weighted by Gasteiger charge is -2.17. The van der Waals surface area contributed by atoms with Crippen LogP contribution in [0, 0.1) is 0 Å². The van der Waals surface area contributed by atoms with Crippen LogP contribution in [0.25, 0.3) is 0 Å². The molecule has 0 saturated carbocycles. The molecule has 1 aliphatic heterocycles. The Balaban J connectivity index is 1.75. The Kier molecular flexibility index (Phi) is 3.20. The largest absolute Gasteiger partial charge is 0.447 e. The number of oxazole rings is 1. The normalized spacial score (nSPS) is 15.3. The van der Waals surface area contributed by atoms with Gasteiger partial charge in [-0.05, 0) is 22.0 Å². The standard InChI is InChI=1S/C12H11BrN4O2/c13-9-3-10(5-14-4-9)17-2-1-16(12(17)18)7-11-6-15-8-19-11/h3-6,8H,1-2,7H2. The molecule has 6 nitrogen and oxygen atoms in total. The summed E-state index contributed by atoms with van der Waals surface area (Å²) in [7, 11) is 0. The second-order valence-corrected chi connectivity index (χ2v) is 5.10. The van der Waals surface area contributed by atoms with Crippen molar-refractivity contribution in [3.63, 3.8) is 0 Å². The molecular formula is C12H11BrN4O2. The Morgan fingerprint density at radius 1 is 1.26 bits per heavy atom. The van der Waals surface area contributed by atoms with Crippen LogP contribution >= 0.6 is 15.9 Å². The van der Waals surface area contributed by atoms with Crippen molar-refractivity contribution in [2.45, 2.75) is 6.54 Å². The molecule has 0 aromatic carbocycles. The maximum absolute atomic E-state index is 12.3. The second kappa shape index (κ2) is 5.00. The Morgan fingerprint density at radius 3 is 2.89 bits per heavy atom. The van der Waals surface area contributed by atoms with Gasteiger partial charge in [-0.2, -0.15) is 0 Å². The highest BCUT2D eigenvalue weighted by molar-refractivity contribution is 9.10. The fourth-order valence-corrected chi connectivity index (χ4v) is 2.38. The molecule has 0 aliphatic carbocycles. The molecule has 0 N–H and O–H groups in total. The highest BCUT2D eigenvalue weighted by atomic mass is 79.9. The molecule has 2 aromatic heterocycles. The molecule has 2 aromatic rings. The van der Waals surface area contributed by atoms with Gasteiger partial charge in [-0.25, -0.2) is 9.78 Å². The number of amides is 2. The van der Waals surface area contributed by atoms with Crippen molar-refractivity contribution >= 4 is 27.6 Å². The molecule has 3 heterocycles. The lowest BCUT2D eigenvalue weighted by molar-refractivity contribution is 0.214. The number of hydrogen-bond donors (Lipinski definition) is 0. The summed E-state index contributed by atoms with van der Waals surface area (Å²) in [6.45, 7) is 1.74. The van der Waals surface area contributed by atoms with Gasteiger partial charge in [0.1, 0.15) is 5.76 Å². The maximum atomic E-state index is 12.3. The lowest BCUT2D eigenvalue weighted by atomic mass is 10.4. The average molecular weight is 323 g/mol. The van der Waals surface area contributed by atoms with Gasteiger partial charge >= 0.3 is 6.03 Å². The van der Waals surface area contributed by atoms with Crippen LogP contribution in [0.1, 0.15) is 5.76 Å². The molecule has 1 aliphatic rings. The maximum Gasteiger partial charge on any atom is 0.325 e. The zero-order valence-corrected chi connectivity index (χ0v) is 11.6. The van der Waals surface area contributed by atoms with E-state index in [-0.39, 0.29) is 6.03 Å². The van der Waals surface area contributed by atoms with Gasteiger partial charge in [0.15, 0.2) is 6.39 Å². The first kappa shape index (κ1) is 12.2. The Bertz CT molecular complexity index is 587. The Hall–Kier alpha value is -1.89. The monoisotopic (exact) mass is 322 g/mol. The van der Waals surface area contributed by atoms with Crippen molar-refractivity contribution in [3.05, 3.63) is 41.3 Å². The summed E-state index contributed by atoms with van der Waals surface area (Å²) in [5, 5.41) is 0. The number of carbonyl (C=O) groups excluding carboxylic acids is 1. The SMILES string of the molecule is O=C1N(Cc2cnco2)CCN1c1cncc(Br)c1. The molecule has 3 rings (SSSR count). The summed E-state index contributed by atoms with van der Waals surface area (Å²) >= 11 is 3.36. The number of aromatic nitrogens is 2. The van der Waals surface area contributed by atoms with Gasteiger partial charge in [0, 0.05) is 23.8 Å². The Morgan fingerprint density at radius 2 is 2.16 bits per heavy atom. The van der Waals surface area contributed by atoms with Crippen LogP contribution in [0.15, 0.2) is 39.9 Å². The van der Waals surface area contributed by atoms with E-state index in [1.807, 2.05) is 6.07 Å². The van der Waals surface area contributed by atoms with E-state index in [1.54, 1.807) is 28.4 Å². The molecule has 7 heteroatoms. The number of anilines is 1. The van der Waals surface area contributed by atoms with Crippen molar-refractivity contribution in [1.82, 2.24) is 14.9 Å². The van der Waals surface area contributed by atoms with Crippen LogP contribution in [0.5, 0.6) is 0 Å². The van der Waals surface area contributed by atoms with Crippen LogP contribution in [0.3, 0.4) is 0 Å². The summed E-state index contributed by atoms with van der Waals surface area (Å²) in [5.41, 5.74) is 0.791. The predicted molar refractivity (Wildman–Crippen MR) is 71.6 cm³/mol. The summed E-state index contributed by atoms with van der Waals surface area (Å²) in [5.74, 6) is 0.683. The van der Waals surface area contributed by atoms with E-state index in [0.29, 0.717) is 25.4 Å². The fraction of sp³-hybridized carbons (Fsp3) is 0.250. The molecule has 2 amide bonds. The molecule has 0 radical (unpaired) electrons. The van der Waals surface area contributed by atoms with Crippen molar-refractivity contribution in [3.8, 4) is 0 Å². The van der Waals surface area contributed by atoms with E-state index in [0.717, 1.165) is 10.2 Å². The lowest BCUT2D eigenvalue weighted by Crippen LogP contribution is -2.31. The minimum Gasteiger partial charge on any atom is -0.447 e. The summed E-state index contributed by atoms with van der Waals surface area (Å²) in [6.07, 6.45) is 6.36. The smallest absolute Gasteiger partial charge is 0.325 e. The van der Waals surface area contributed by atoms with Gasteiger partial charge in [-0.15, -0.1) is 0 Å². The molecule has 0 bridgehead atoms.